The fourth-order valence-corrected chi connectivity index (χ4v) is 9.73. The Labute approximate surface area is 342 Å². The van der Waals surface area contributed by atoms with Crippen LogP contribution in [-0.4, -0.2) is 77.8 Å². The molecule has 2 aliphatic carbocycles. The first-order chi connectivity index (χ1) is 28.1. The highest BCUT2D eigenvalue weighted by Crippen LogP contribution is 2.36. The normalized spacial score (nSPS) is 22.3. The highest BCUT2D eigenvalue weighted by atomic mass is 16.2. The number of fused-ring (bicyclic) bond motifs is 2. The molecule has 0 saturated heterocycles. The largest absolute Gasteiger partial charge is 0.349 e. The molecule has 6 aromatic rings. The van der Waals surface area contributed by atoms with Gasteiger partial charge in [0.25, 0.3) is 11.8 Å². The van der Waals surface area contributed by atoms with Crippen LogP contribution in [0.3, 0.4) is 0 Å². The maximum absolute atomic E-state index is 14.1. The van der Waals surface area contributed by atoms with E-state index < -0.39 is 0 Å². The molecule has 2 unspecified atom stereocenters. The van der Waals surface area contributed by atoms with Crippen molar-refractivity contribution in [3.05, 3.63) is 120 Å². The van der Waals surface area contributed by atoms with Crippen molar-refractivity contribution < 1.29 is 9.59 Å². The van der Waals surface area contributed by atoms with E-state index in [9.17, 15) is 9.59 Å². The first kappa shape index (κ1) is 39.5. The molecule has 0 radical (unpaired) electrons. The Hall–Kier alpha value is -5.32. The average Bonchev–Trinajstić information content (AvgIpc) is 3.88. The number of carbonyl (C=O) groups excluding carboxylic acids is 2. The van der Waals surface area contributed by atoms with Crippen LogP contribution in [0.25, 0.3) is 33.2 Å². The molecule has 3 aromatic heterocycles. The molecule has 3 aromatic carbocycles. The standard InChI is InChI=1S/C48H58N8O2/c1-5-55(45(57)43-28-41-39(52-43)17-12-26-49-41)38-16-11-24-47(3,30-38)51-32-34-18-20-35(21-19-34)36-22-23-40-42(27-36)54-44(53-40)46(58)56(6-2)48(4)25-10-15-37(29-48)50-31-33-13-8-7-9-14-33/h7-9,12-14,17-23,26-28,37-38,50-52H,5-6,10-11,15-16,24-25,29-32H2,1-4H3,(H,53,54)/t37-,38+,47?,48?/m1/s1. The highest BCUT2D eigenvalue weighted by molar-refractivity contribution is 5.97. The van der Waals surface area contributed by atoms with Gasteiger partial charge in [-0.15, -0.1) is 0 Å². The summed E-state index contributed by atoms with van der Waals surface area (Å²) in [6.45, 7) is 11.6. The van der Waals surface area contributed by atoms with Crippen LogP contribution >= 0.6 is 0 Å². The van der Waals surface area contributed by atoms with E-state index in [1.807, 2.05) is 40.1 Å². The zero-order chi connectivity index (χ0) is 40.3. The molecule has 4 atom stereocenters. The number of H-pyrrole nitrogens is 2. The van der Waals surface area contributed by atoms with Gasteiger partial charge in [-0.3, -0.25) is 14.6 Å². The molecule has 10 nitrogen and oxygen atoms in total. The molecule has 2 aliphatic rings. The summed E-state index contributed by atoms with van der Waals surface area (Å²) in [4.78, 5) is 47.7. The summed E-state index contributed by atoms with van der Waals surface area (Å²) >= 11 is 0. The minimum absolute atomic E-state index is 0.0398. The number of hydrogen-bond acceptors (Lipinski definition) is 6. The SMILES string of the molecule is CCN(C(=O)c1cc2ncccc2[nH]1)[C@H]1CCCC(C)(NCc2ccc(-c3ccc4[nH]c(C(=O)N(CC)C5(C)CCC[C@@H](NCc6ccccc6)C5)nc4c3)cc2)C1. The summed E-state index contributed by atoms with van der Waals surface area (Å²) in [5.41, 5.74) is 8.28. The minimum atomic E-state index is -0.249. The lowest BCUT2D eigenvalue weighted by molar-refractivity contribution is 0.0359. The smallest absolute Gasteiger partial charge is 0.290 e. The van der Waals surface area contributed by atoms with Crippen LogP contribution in [0.2, 0.25) is 0 Å². The van der Waals surface area contributed by atoms with Crippen LogP contribution in [0.1, 0.15) is 111 Å². The molecule has 302 valence electrons. The predicted octanol–water partition coefficient (Wildman–Crippen LogP) is 9.01. The lowest BCUT2D eigenvalue weighted by Gasteiger charge is -2.46. The van der Waals surface area contributed by atoms with E-state index in [0.29, 0.717) is 30.6 Å². The van der Waals surface area contributed by atoms with Gasteiger partial charge in [0.05, 0.1) is 22.1 Å². The second kappa shape index (κ2) is 16.9. The monoisotopic (exact) mass is 778 g/mol. The van der Waals surface area contributed by atoms with Crippen molar-refractivity contribution >= 4 is 33.9 Å². The zero-order valence-corrected chi connectivity index (χ0v) is 34.5. The van der Waals surface area contributed by atoms with E-state index in [4.69, 9.17) is 4.98 Å². The van der Waals surface area contributed by atoms with E-state index in [1.54, 1.807) is 6.20 Å². The molecule has 2 saturated carbocycles. The number of nitrogens with one attached hydrogen (secondary N) is 4. The summed E-state index contributed by atoms with van der Waals surface area (Å²) in [7, 11) is 0. The number of rotatable bonds is 13. The third-order valence-corrected chi connectivity index (χ3v) is 12.9. The van der Waals surface area contributed by atoms with Gasteiger partial charge in [-0.05, 0) is 132 Å². The van der Waals surface area contributed by atoms with Crippen molar-refractivity contribution in [3.63, 3.8) is 0 Å². The first-order valence-corrected chi connectivity index (χ1v) is 21.3. The van der Waals surface area contributed by atoms with E-state index in [0.717, 1.165) is 97.6 Å². The molecule has 0 spiro atoms. The zero-order valence-electron chi connectivity index (χ0n) is 34.5. The molecule has 58 heavy (non-hydrogen) atoms. The Balaban J connectivity index is 0.888. The van der Waals surface area contributed by atoms with Gasteiger partial charge < -0.3 is 30.4 Å². The maximum atomic E-state index is 14.1. The molecule has 0 aliphatic heterocycles. The van der Waals surface area contributed by atoms with Crippen molar-refractivity contribution in [1.29, 1.82) is 0 Å². The van der Waals surface area contributed by atoms with Crippen molar-refractivity contribution in [2.75, 3.05) is 13.1 Å². The molecular weight excluding hydrogens is 721 g/mol. The van der Waals surface area contributed by atoms with Crippen molar-refractivity contribution in [1.82, 2.24) is 40.4 Å². The van der Waals surface area contributed by atoms with Gasteiger partial charge in [0.1, 0.15) is 5.69 Å². The van der Waals surface area contributed by atoms with Crippen molar-refractivity contribution in [2.45, 2.75) is 115 Å². The molecule has 2 fully saturated rings. The Morgan fingerprint density at radius 1 is 0.759 bits per heavy atom. The number of amides is 2. The van der Waals surface area contributed by atoms with Crippen LogP contribution in [0.15, 0.2) is 97.2 Å². The van der Waals surface area contributed by atoms with Crippen LogP contribution in [-0.2, 0) is 13.1 Å². The molecule has 4 N–H and O–H groups in total. The minimum Gasteiger partial charge on any atom is -0.349 e. The summed E-state index contributed by atoms with van der Waals surface area (Å²) in [5.74, 6) is 0.400. The number of imidazole rings is 1. The number of aromatic nitrogens is 4. The summed E-state index contributed by atoms with van der Waals surface area (Å²) in [5, 5.41) is 7.63. The van der Waals surface area contributed by atoms with Gasteiger partial charge in [0.15, 0.2) is 5.82 Å². The number of pyridine rings is 1. The van der Waals surface area contributed by atoms with Crippen molar-refractivity contribution in [2.24, 2.45) is 0 Å². The number of aromatic amines is 2. The molecule has 0 bridgehead atoms. The van der Waals surface area contributed by atoms with Gasteiger partial charge in [-0.25, -0.2) is 4.98 Å². The number of nitrogens with zero attached hydrogens (tertiary/aromatic N) is 4. The number of hydrogen-bond donors (Lipinski definition) is 4. The maximum Gasteiger partial charge on any atom is 0.290 e. The third kappa shape index (κ3) is 8.45. The highest BCUT2D eigenvalue weighted by Gasteiger charge is 2.40. The molecule has 10 heteroatoms. The Bertz CT molecular complexity index is 2320. The lowest BCUT2D eigenvalue weighted by atomic mass is 9.78. The van der Waals surface area contributed by atoms with Crippen molar-refractivity contribution in [3.8, 4) is 11.1 Å². The number of benzene rings is 3. The summed E-state index contributed by atoms with van der Waals surface area (Å²) in [6, 6.07) is 31.7. The van der Waals surface area contributed by atoms with E-state index in [1.165, 1.54) is 11.1 Å². The predicted molar refractivity (Wildman–Crippen MR) is 232 cm³/mol. The first-order valence-electron chi connectivity index (χ1n) is 21.3. The van der Waals surface area contributed by atoms with Gasteiger partial charge in [-0.2, -0.15) is 0 Å². The van der Waals surface area contributed by atoms with Crippen LogP contribution in [0.5, 0.6) is 0 Å². The van der Waals surface area contributed by atoms with E-state index in [2.05, 4.69) is 114 Å². The lowest BCUT2D eigenvalue weighted by Crippen LogP contribution is -2.55. The van der Waals surface area contributed by atoms with E-state index >= 15 is 0 Å². The second-order valence-corrected chi connectivity index (χ2v) is 17.1. The Morgan fingerprint density at radius 3 is 2.29 bits per heavy atom. The topological polar surface area (TPSA) is 122 Å². The molecular formula is C48H58N8O2. The van der Waals surface area contributed by atoms with Gasteiger partial charge in [0, 0.05) is 55.5 Å². The Kier molecular flexibility index (Phi) is 11.5. The molecule has 3 heterocycles. The van der Waals surface area contributed by atoms with Crippen LogP contribution in [0.4, 0.5) is 0 Å². The van der Waals surface area contributed by atoms with Gasteiger partial charge in [-0.1, -0.05) is 60.7 Å². The van der Waals surface area contributed by atoms with Crippen LogP contribution in [0, 0.1) is 0 Å². The third-order valence-electron chi connectivity index (χ3n) is 12.9. The van der Waals surface area contributed by atoms with Gasteiger partial charge >= 0.3 is 0 Å². The van der Waals surface area contributed by atoms with E-state index in [-0.39, 0.29) is 28.9 Å². The molecule has 8 rings (SSSR count). The van der Waals surface area contributed by atoms with Gasteiger partial charge in [0.2, 0.25) is 0 Å². The molecule has 2 amide bonds. The Morgan fingerprint density at radius 2 is 1.52 bits per heavy atom. The fourth-order valence-electron chi connectivity index (χ4n) is 9.73. The number of carbonyl (C=O) groups is 2. The van der Waals surface area contributed by atoms with Crippen LogP contribution < -0.4 is 10.6 Å². The fraction of sp³-hybridized carbons (Fsp3) is 0.417. The summed E-state index contributed by atoms with van der Waals surface area (Å²) < 4.78 is 0. The quantitative estimate of drug-likeness (QED) is 0.0929. The average molecular weight is 779 g/mol. The summed E-state index contributed by atoms with van der Waals surface area (Å²) in [6.07, 6.45) is 9.89. The second-order valence-electron chi connectivity index (χ2n) is 17.1.